The summed E-state index contributed by atoms with van der Waals surface area (Å²) < 4.78 is 0. The Morgan fingerprint density at radius 2 is 1.81 bits per heavy atom. The van der Waals surface area contributed by atoms with Gasteiger partial charge in [0, 0.05) is 26.3 Å². The third-order valence-electron chi connectivity index (χ3n) is 3.22. The molecule has 0 aromatic heterocycles. The number of phenols is 1. The first kappa shape index (κ1) is 14.9. The molecule has 0 saturated carbocycles. The molecule has 0 aliphatic heterocycles. The Labute approximate surface area is 125 Å². The summed E-state index contributed by atoms with van der Waals surface area (Å²) in [4.78, 5) is 13.2. The number of aromatic hydroxyl groups is 1. The number of phenolic OH excluding ortho intramolecular Hbond substituents is 1. The van der Waals surface area contributed by atoms with E-state index in [1.807, 2.05) is 36.4 Å². The van der Waals surface area contributed by atoms with E-state index in [-0.39, 0.29) is 11.7 Å². The smallest absolute Gasteiger partial charge is 0.226 e. The number of benzene rings is 2. The zero-order chi connectivity index (χ0) is 15.2. The number of anilines is 1. The van der Waals surface area contributed by atoms with Gasteiger partial charge in [-0.3, -0.25) is 4.79 Å². The molecule has 0 aliphatic rings. The van der Waals surface area contributed by atoms with Gasteiger partial charge in [0.05, 0.1) is 6.42 Å². The highest BCUT2D eigenvalue weighted by Crippen LogP contribution is 2.14. The summed E-state index contributed by atoms with van der Waals surface area (Å²) in [6.07, 6.45) is 0.417. The van der Waals surface area contributed by atoms with Crippen molar-refractivity contribution in [3.8, 4) is 5.75 Å². The Morgan fingerprint density at radius 1 is 1.10 bits per heavy atom. The molecule has 4 nitrogen and oxygen atoms in total. The molecule has 2 aromatic rings. The molecule has 2 rings (SSSR count). The molecule has 2 aromatic carbocycles. The van der Waals surface area contributed by atoms with E-state index >= 15 is 0 Å². The van der Waals surface area contributed by atoms with Gasteiger partial charge in [-0.15, -0.1) is 0 Å². The van der Waals surface area contributed by atoms with Crippen LogP contribution in [0.25, 0.3) is 0 Å². The van der Waals surface area contributed by atoms with Crippen LogP contribution < -0.4 is 5.32 Å². The Kier molecular flexibility index (Phi) is 4.82. The average Bonchev–Trinajstić information content (AvgIpc) is 2.46. The molecular weight excluding hydrogens is 264 g/mol. The number of rotatable bonds is 5. The van der Waals surface area contributed by atoms with Crippen molar-refractivity contribution in [2.45, 2.75) is 13.0 Å². The number of amides is 1. The molecule has 21 heavy (non-hydrogen) atoms. The second-order valence-electron chi connectivity index (χ2n) is 5.19. The molecule has 0 heterocycles. The van der Waals surface area contributed by atoms with Crippen LogP contribution in [0.2, 0.25) is 0 Å². The van der Waals surface area contributed by atoms with Crippen molar-refractivity contribution >= 4 is 11.6 Å². The molecule has 0 fully saturated rings. The molecular formula is C17H20N2O2. The third kappa shape index (κ3) is 4.53. The van der Waals surface area contributed by atoms with Crippen LogP contribution in [-0.4, -0.2) is 30.0 Å². The minimum absolute atomic E-state index is 0.0930. The number of nitrogens with one attached hydrogen (secondary N) is 1. The molecule has 4 heteroatoms. The summed E-state index contributed by atoms with van der Waals surface area (Å²) in [5.41, 5.74) is 3.00. The zero-order valence-electron chi connectivity index (χ0n) is 12.3. The maximum atomic E-state index is 11.6. The number of likely N-dealkylation sites (N-methyl/N-ethyl adjacent to an activating group) is 1. The maximum absolute atomic E-state index is 11.6. The van der Waals surface area contributed by atoms with E-state index in [2.05, 4.69) is 5.32 Å². The van der Waals surface area contributed by atoms with Crippen LogP contribution in [-0.2, 0) is 17.8 Å². The van der Waals surface area contributed by atoms with Gasteiger partial charge in [0.2, 0.25) is 5.91 Å². The summed E-state index contributed by atoms with van der Waals surface area (Å²) in [6, 6.07) is 15.0. The lowest BCUT2D eigenvalue weighted by atomic mass is 10.1. The Morgan fingerprint density at radius 3 is 2.43 bits per heavy atom. The summed E-state index contributed by atoms with van der Waals surface area (Å²) in [6.45, 7) is 0.643. The van der Waals surface area contributed by atoms with Crippen LogP contribution >= 0.6 is 0 Å². The third-order valence-corrected chi connectivity index (χ3v) is 3.22. The quantitative estimate of drug-likeness (QED) is 0.887. The minimum atomic E-state index is 0.0930. The van der Waals surface area contributed by atoms with Crippen molar-refractivity contribution in [3.63, 3.8) is 0 Å². The predicted molar refractivity (Wildman–Crippen MR) is 84.3 cm³/mol. The highest BCUT2D eigenvalue weighted by atomic mass is 16.3. The number of carbonyl (C=O) groups excluding carboxylic acids is 1. The van der Waals surface area contributed by atoms with Crippen molar-refractivity contribution in [2.75, 3.05) is 19.4 Å². The fraction of sp³-hybridized carbons (Fsp3) is 0.235. The van der Waals surface area contributed by atoms with Gasteiger partial charge in [-0.1, -0.05) is 24.3 Å². The van der Waals surface area contributed by atoms with E-state index < -0.39 is 0 Å². The summed E-state index contributed by atoms with van der Waals surface area (Å²) in [5, 5.41) is 12.7. The lowest BCUT2D eigenvalue weighted by Crippen LogP contribution is -2.23. The standard InChI is InChI=1S/C17H20N2O2/c1-19(2)17(21)11-13-6-8-15(9-7-13)18-12-14-4-3-5-16(20)10-14/h3-10,18,20H,11-12H2,1-2H3. The summed E-state index contributed by atoms with van der Waals surface area (Å²) >= 11 is 0. The topological polar surface area (TPSA) is 52.6 Å². The molecule has 0 bridgehead atoms. The molecule has 1 amide bonds. The van der Waals surface area contributed by atoms with E-state index in [0.717, 1.165) is 16.8 Å². The van der Waals surface area contributed by atoms with Crippen LogP contribution in [0, 0.1) is 0 Å². The van der Waals surface area contributed by atoms with Crippen molar-refractivity contribution in [2.24, 2.45) is 0 Å². The van der Waals surface area contributed by atoms with E-state index in [0.29, 0.717) is 13.0 Å². The van der Waals surface area contributed by atoms with Crippen LogP contribution in [0.4, 0.5) is 5.69 Å². The zero-order valence-corrected chi connectivity index (χ0v) is 12.3. The first-order valence-electron chi connectivity index (χ1n) is 6.85. The van der Waals surface area contributed by atoms with Crippen molar-refractivity contribution in [1.82, 2.24) is 4.90 Å². The van der Waals surface area contributed by atoms with Crippen LogP contribution in [0.1, 0.15) is 11.1 Å². The van der Waals surface area contributed by atoms with Crippen LogP contribution in [0.3, 0.4) is 0 Å². The van der Waals surface area contributed by atoms with Gasteiger partial charge in [-0.05, 0) is 35.4 Å². The van der Waals surface area contributed by atoms with Crippen LogP contribution in [0.5, 0.6) is 5.75 Å². The SMILES string of the molecule is CN(C)C(=O)Cc1ccc(NCc2cccc(O)c2)cc1. The number of hydrogen-bond donors (Lipinski definition) is 2. The molecule has 0 radical (unpaired) electrons. The average molecular weight is 284 g/mol. The first-order chi connectivity index (χ1) is 10.0. The molecule has 0 unspecified atom stereocenters. The summed E-state index contributed by atoms with van der Waals surface area (Å²) in [5.74, 6) is 0.363. The highest BCUT2D eigenvalue weighted by Gasteiger charge is 2.05. The predicted octanol–water partition coefficient (Wildman–Crippen LogP) is 2.64. The highest BCUT2D eigenvalue weighted by molar-refractivity contribution is 5.78. The van der Waals surface area contributed by atoms with Crippen molar-refractivity contribution in [1.29, 1.82) is 0 Å². The van der Waals surface area contributed by atoms with Gasteiger partial charge in [0.15, 0.2) is 0 Å². The Bertz CT molecular complexity index is 606. The molecule has 0 saturated heterocycles. The molecule has 110 valence electrons. The number of nitrogens with zero attached hydrogens (tertiary/aromatic N) is 1. The summed E-state index contributed by atoms with van der Waals surface area (Å²) in [7, 11) is 3.51. The van der Waals surface area contributed by atoms with Crippen molar-refractivity contribution in [3.05, 3.63) is 59.7 Å². The maximum Gasteiger partial charge on any atom is 0.226 e. The molecule has 0 spiro atoms. The number of hydrogen-bond acceptors (Lipinski definition) is 3. The molecule has 2 N–H and O–H groups in total. The lowest BCUT2D eigenvalue weighted by Gasteiger charge is -2.11. The lowest BCUT2D eigenvalue weighted by molar-refractivity contribution is -0.127. The molecule has 0 atom stereocenters. The normalized spacial score (nSPS) is 10.2. The van der Waals surface area contributed by atoms with Gasteiger partial charge in [0.25, 0.3) is 0 Å². The second kappa shape index (κ2) is 6.79. The first-order valence-corrected chi connectivity index (χ1v) is 6.85. The largest absolute Gasteiger partial charge is 0.508 e. The van der Waals surface area contributed by atoms with E-state index in [1.54, 1.807) is 31.1 Å². The fourth-order valence-electron chi connectivity index (χ4n) is 1.94. The van der Waals surface area contributed by atoms with Crippen LogP contribution in [0.15, 0.2) is 48.5 Å². The monoisotopic (exact) mass is 284 g/mol. The Hall–Kier alpha value is -2.49. The minimum Gasteiger partial charge on any atom is -0.508 e. The Balaban J connectivity index is 1.92. The van der Waals surface area contributed by atoms with Crippen molar-refractivity contribution < 1.29 is 9.90 Å². The van der Waals surface area contributed by atoms with E-state index in [9.17, 15) is 9.90 Å². The van der Waals surface area contributed by atoms with Gasteiger partial charge in [-0.2, -0.15) is 0 Å². The van der Waals surface area contributed by atoms with Gasteiger partial charge < -0.3 is 15.3 Å². The second-order valence-corrected chi connectivity index (χ2v) is 5.19. The van der Waals surface area contributed by atoms with E-state index in [4.69, 9.17) is 0 Å². The van der Waals surface area contributed by atoms with E-state index in [1.165, 1.54) is 0 Å². The van der Waals surface area contributed by atoms with Gasteiger partial charge in [-0.25, -0.2) is 0 Å². The van der Waals surface area contributed by atoms with Gasteiger partial charge >= 0.3 is 0 Å². The van der Waals surface area contributed by atoms with Gasteiger partial charge in [0.1, 0.15) is 5.75 Å². The molecule has 0 aliphatic carbocycles. The number of carbonyl (C=O) groups is 1. The fourth-order valence-corrected chi connectivity index (χ4v) is 1.94.